The van der Waals surface area contributed by atoms with Gasteiger partial charge in [-0.2, -0.15) is 5.11 Å². The van der Waals surface area contributed by atoms with Crippen molar-refractivity contribution in [2.75, 3.05) is 26.2 Å². The predicted octanol–water partition coefficient (Wildman–Crippen LogP) is 2.02. The largest absolute Gasteiger partial charge is 0.500 e. The molecule has 0 saturated carbocycles. The second-order valence-corrected chi connectivity index (χ2v) is 2.29. The second-order valence-electron chi connectivity index (χ2n) is 2.29. The SMILES string of the molecule is C=CCN(CC)N=NCCOC=C. The van der Waals surface area contributed by atoms with Crippen LogP contribution in [0.3, 0.4) is 0 Å². The van der Waals surface area contributed by atoms with Crippen LogP contribution < -0.4 is 0 Å². The van der Waals surface area contributed by atoms with E-state index in [1.807, 2.05) is 11.9 Å². The van der Waals surface area contributed by atoms with E-state index in [-0.39, 0.29) is 0 Å². The number of hydrogen-bond donors (Lipinski definition) is 0. The van der Waals surface area contributed by atoms with Crippen LogP contribution in [0.2, 0.25) is 0 Å². The van der Waals surface area contributed by atoms with E-state index in [2.05, 4.69) is 23.5 Å². The normalized spacial score (nSPS) is 9.92. The lowest BCUT2D eigenvalue weighted by Crippen LogP contribution is -2.15. The molecule has 0 N–H and O–H groups in total. The molecule has 4 heteroatoms. The molecule has 0 heterocycles. The summed E-state index contributed by atoms with van der Waals surface area (Å²) in [6, 6.07) is 0. The third-order valence-electron chi connectivity index (χ3n) is 1.32. The molecule has 0 atom stereocenters. The molecule has 0 aromatic rings. The highest BCUT2D eigenvalue weighted by Gasteiger charge is 1.91. The van der Waals surface area contributed by atoms with E-state index >= 15 is 0 Å². The third-order valence-corrected chi connectivity index (χ3v) is 1.32. The van der Waals surface area contributed by atoms with Crippen LogP contribution in [0.15, 0.2) is 35.8 Å². The Bertz CT molecular complexity index is 168. The van der Waals surface area contributed by atoms with Crippen molar-refractivity contribution in [1.29, 1.82) is 0 Å². The smallest absolute Gasteiger partial charge is 0.109 e. The predicted molar refractivity (Wildman–Crippen MR) is 53.3 cm³/mol. The van der Waals surface area contributed by atoms with Gasteiger partial charge in [0.05, 0.1) is 19.4 Å². The van der Waals surface area contributed by atoms with Gasteiger partial charge in [-0.15, -0.1) is 6.58 Å². The first kappa shape index (κ1) is 11.7. The van der Waals surface area contributed by atoms with Crippen LogP contribution in [0, 0.1) is 0 Å². The van der Waals surface area contributed by atoms with Crippen LogP contribution in [0.5, 0.6) is 0 Å². The Labute approximate surface area is 79.6 Å². The van der Waals surface area contributed by atoms with Crippen LogP contribution in [0.4, 0.5) is 0 Å². The molecular weight excluding hydrogens is 166 g/mol. The van der Waals surface area contributed by atoms with Crippen LogP contribution in [0.1, 0.15) is 6.92 Å². The van der Waals surface area contributed by atoms with Gasteiger partial charge in [0.2, 0.25) is 0 Å². The standard InChI is InChI=1S/C9H17N3O/c1-4-8-12(5-2)11-10-7-9-13-6-3/h4,6H,1,3,5,7-9H2,2H3. The average molecular weight is 183 g/mol. The van der Waals surface area contributed by atoms with Gasteiger partial charge in [-0.3, -0.25) is 5.01 Å². The summed E-state index contributed by atoms with van der Waals surface area (Å²) in [6.45, 7) is 11.7. The minimum atomic E-state index is 0.526. The molecule has 0 aliphatic heterocycles. The first-order valence-corrected chi connectivity index (χ1v) is 4.30. The summed E-state index contributed by atoms with van der Waals surface area (Å²) < 4.78 is 4.88. The quantitative estimate of drug-likeness (QED) is 0.190. The van der Waals surface area contributed by atoms with Gasteiger partial charge in [0, 0.05) is 6.54 Å². The summed E-state index contributed by atoms with van der Waals surface area (Å²) in [6.07, 6.45) is 3.19. The molecule has 0 rings (SSSR count). The van der Waals surface area contributed by atoms with Crippen molar-refractivity contribution in [3.63, 3.8) is 0 Å². The lowest BCUT2D eigenvalue weighted by atomic mass is 10.6. The van der Waals surface area contributed by atoms with Gasteiger partial charge in [-0.25, -0.2) is 0 Å². The topological polar surface area (TPSA) is 37.2 Å². The Hall–Kier alpha value is -1.32. The first-order chi connectivity index (χ1) is 6.35. The molecule has 0 bridgehead atoms. The zero-order valence-electron chi connectivity index (χ0n) is 8.15. The number of hydrogen-bond acceptors (Lipinski definition) is 3. The zero-order valence-corrected chi connectivity index (χ0v) is 8.15. The van der Waals surface area contributed by atoms with Crippen molar-refractivity contribution in [3.05, 3.63) is 25.5 Å². The minimum absolute atomic E-state index is 0.526. The fraction of sp³-hybridized carbons (Fsp3) is 0.556. The van der Waals surface area contributed by atoms with E-state index in [9.17, 15) is 0 Å². The summed E-state index contributed by atoms with van der Waals surface area (Å²) in [5.41, 5.74) is 0. The summed E-state index contributed by atoms with van der Waals surface area (Å²) in [5.74, 6) is 0. The molecule has 4 nitrogen and oxygen atoms in total. The minimum Gasteiger partial charge on any atom is -0.500 e. The van der Waals surface area contributed by atoms with Gasteiger partial charge in [-0.05, 0) is 6.92 Å². The van der Waals surface area contributed by atoms with E-state index in [0.717, 1.165) is 13.1 Å². The Kier molecular flexibility index (Phi) is 7.88. The monoisotopic (exact) mass is 183 g/mol. The van der Waals surface area contributed by atoms with E-state index in [0.29, 0.717) is 13.2 Å². The fourth-order valence-electron chi connectivity index (χ4n) is 0.689. The average Bonchev–Trinajstić information content (AvgIpc) is 2.16. The van der Waals surface area contributed by atoms with Crippen LogP contribution in [-0.2, 0) is 4.74 Å². The molecule has 0 aromatic carbocycles. The number of likely N-dealkylation sites (N-methyl/N-ethyl adjacent to an activating group) is 1. The van der Waals surface area contributed by atoms with Crippen molar-refractivity contribution >= 4 is 0 Å². The molecule has 0 radical (unpaired) electrons. The number of rotatable bonds is 8. The summed E-state index contributed by atoms with van der Waals surface area (Å²) in [5, 5.41) is 9.73. The fourth-order valence-corrected chi connectivity index (χ4v) is 0.689. The summed E-state index contributed by atoms with van der Waals surface area (Å²) >= 11 is 0. The molecule has 0 spiro atoms. The van der Waals surface area contributed by atoms with Crippen LogP contribution in [0.25, 0.3) is 0 Å². The van der Waals surface area contributed by atoms with Gasteiger partial charge in [0.1, 0.15) is 6.61 Å². The molecule has 0 aliphatic carbocycles. The Balaban J connectivity index is 3.53. The van der Waals surface area contributed by atoms with Crippen molar-refractivity contribution in [3.8, 4) is 0 Å². The molecule has 0 saturated heterocycles. The third kappa shape index (κ3) is 7.05. The highest BCUT2D eigenvalue weighted by atomic mass is 16.5. The van der Waals surface area contributed by atoms with Gasteiger partial charge in [-0.1, -0.05) is 17.9 Å². The summed E-state index contributed by atoms with van der Waals surface area (Å²) in [7, 11) is 0. The van der Waals surface area contributed by atoms with Crippen molar-refractivity contribution in [2.45, 2.75) is 6.92 Å². The number of nitrogens with zero attached hydrogens (tertiary/aromatic N) is 3. The molecule has 0 aromatic heterocycles. The highest BCUT2D eigenvalue weighted by molar-refractivity contribution is 4.69. The maximum absolute atomic E-state index is 4.88. The molecule has 0 unspecified atom stereocenters. The lowest BCUT2D eigenvalue weighted by molar-refractivity contribution is 0.250. The van der Waals surface area contributed by atoms with E-state index in [4.69, 9.17) is 4.74 Å². The Morgan fingerprint density at radius 1 is 1.46 bits per heavy atom. The van der Waals surface area contributed by atoms with Crippen molar-refractivity contribution in [1.82, 2.24) is 5.01 Å². The van der Waals surface area contributed by atoms with E-state index in [1.165, 1.54) is 6.26 Å². The Morgan fingerprint density at radius 2 is 2.23 bits per heavy atom. The molecule has 13 heavy (non-hydrogen) atoms. The van der Waals surface area contributed by atoms with Gasteiger partial charge >= 0.3 is 0 Å². The molecule has 0 aliphatic rings. The second kappa shape index (κ2) is 8.77. The maximum atomic E-state index is 4.88. The van der Waals surface area contributed by atoms with E-state index in [1.54, 1.807) is 6.08 Å². The summed E-state index contributed by atoms with van der Waals surface area (Å²) in [4.78, 5) is 0. The Morgan fingerprint density at radius 3 is 2.77 bits per heavy atom. The van der Waals surface area contributed by atoms with Crippen molar-refractivity contribution in [2.24, 2.45) is 10.3 Å². The molecular formula is C9H17N3O. The highest BCUT2D eigenvalue weighted by Crippen LogP contribution is 1.90. The molecule has 74 valence electrons. The molecule has 0 fully saturated rings. The number of ether oxygens (including phenoxy) is 1. The van der Waals surface area contributed by atoms with Gasteiger partial charge in [0.25, 0.3) is 0 Å². The lowest BCUT2D eigenvalue weighted by Gasteiger charge is -2.11. The van der Waals surface area contributed by atoms with Crippen LogP contribution >= 0.6 is 0 Å². The van der Waals surface area contributed by atoms with Gasteiger partial charge in [0.15, 0.2) is 0 Å². The maximum Gasteiger partial charge on any atom is 0.109 e. The molecule has 0 amide bonds. The van der Waals surface area contributed by atoms with Gasteiger partial charge < -0.3 is 4.74 Å². The van der Waals surface area contributed by atoms with E-state index < -0.39 is 0 Å². The van der Waals surface area contributed by atoms with Crippen molar-refractivity contribution < 1.29 is 4.74 Å². The zero-order chi connectivity index (χ0) is 9.94. The van der Waals surface area contributed by atoms with Crippen LogP contribution in [-0.4, -0.2) is 31.3 Å². The first-order valence-electron chi connectivity index (χ1n) is 4.30.